The van der Waals surface area contributed by atoms with Crippen LogP contribution in [0.25, 0.3) is 0 Å². The second-order valence-electron chi connectivity index (χ2n) is 6.01. The molecule has 1 aliphatic rings. The monoisotopic (exact) mass is 294 g/mol. The molecule has 6 nitrogen and oxygen atoms in total. The van der Waals surface area contributed by atoms with Gasteiger partial charge in [0.15, 0.2) is 0 Å². The van der Waals surface area contributed by atoms with Gasteiger partial charge in [-0.1, -0.05) is 6.42 Å². The first-order valence-corrected chi connectivity index (χ1v) is 7.60. The highest BCUT2D eigenvalue weighted by atomic mass is 16.3. The summed E-state index contributed by atoms with van der Waals surface area (Å²) in [4.78, 5) is 14.4. The Balaban J connectivity index is 2.03. The van der Waals surface area contributed by atoms with Crippen molar-refractivity contribution in [3.05, 3.63) is 11.4 Å². The van der Waals surface area contributed by atoms with Gasteiger partial charge in [-0.3, -0.25) is 14.4 Å². The maximum absolute atomic E-state index is 12.3. The van der Waals surface area contributed by atoms with Crippen LogP contribution in [-0.2, 0) is 11.8 Å². The average molecular weight is 294 g/mol. The topological polar surface area (TPSA) is 70.4 Å². The minimum atomic E-state index is -0.0404. The van der Waals surface area contributed by atoms with Gasteiger partial charge in [-0.15, -0.1) is 0 Å². The molecule has 0 spiro atoms. The lowest BCUT2D eigenvalue weighted by Crippen LogP contribution is -2.50. The molecule has 2 N–H and O–H groups in total. The second kappa shape index (κ2) is 6.58. The first-order chi connectivity index (χ1) is 9.93. The van der Waals surface area contributed by atoms with Gasteiger partial charge in [-0.25, -0.2) is 0 Å². The number of amides is 1. The molecular formula is C15H26N4O2. The number of hydrogen-bond acceptors (Lipinski definition) is 4. The molecule has 0 bridgehead atoms. The minimum absolute atomic E-state index is 0.0404. The third kappa shape index (κ3) is 3.44. The SMILES string of the molecule is Cc1nn(C)c(C)c1NC(=O)CN1C(C)CCCC1CO. The summed E-state index contributed by atoms with van der Waals surface area (Å²) in [5.74, 6) is -0.0404. The van der Waals surface area contributed by atoms with E-state index in [9.17, 15) is 9.90 Å². The molecule has 2 atom stereocenters. The normalized spacial score (nSPS) is 23.3. The van der Waals surface area contributed by atoms with Gasteiger partial charge in [0.25, 0.3) is 0 Å². The van der Waals surface area contributed by atoms with Gasteiger partial charge >= 0.3 is 0 Å². The molecule has 1 aromatic heterocycles. The summed E-state index contributed by atoms with van der Waals surface area (Å²) in [5, 5.41) is 16.8. The molecule has 1 amide bonds. The predicted octanol–water partition coefficient (Wildman–Crippen LogP) is 1.21. The Morgan fingerprint density at radius 3 is 2.71 bits per heavy atom. The minimum Gasteiger partial charge on any atom is -0.395 e. The number of aliphatic hydroxyl groups excluding tert-OH is 1. The Morgan fingerprint density at radius 1 is 1.43 bits per heavy atom. The summed E-state index contributed by atoms with van der Waals surface area (Å²) < 4.78 is 1.77. The maximum Gasteiger partial charge on any atom is 0.238 e. The number of hydrogen-bond donors (Lipinski definition) is 2. The van der Waals surface area contributed by atoms with Crippen molar-refractivity contribution in [1.82, 2.24) is 14.7 Å². The largest absolute Gasteiger partial charge is 0.395 e. The number of nitrogens with zero attached hydrogens (tertiary/aromatic N) is 3. The van der Waals surface area contributed by atoms with E-state index in [-0.39, 0.29) is 18.6 Å². The molecule has 0 aromatic carbocycles. The fraction of sp³-hybridized carbons (Fsp3) is 0.733. The molecular weight excluding hydrogens is 268 g/mol. The summed E-state index contributed by atoms with van der Waals surface area (Å²) in [6, 6.07) is 0.424. The van der Waals surface area contributed by atoms with E-state index >= 15 is 0 Å². The number of nitrogens with one attached hydrogen (secondary N) is 1. The maximum atomic E-state index is 12.3. The van der Waals surface area contributed by atoms with Crippen molar-refractivity contribution in [1.29, 1.82) is 0 Å². The van der Waals surface area contributed by atoms with Crippen LogP contribution in [0.2, 0.25) is 0 Å². The molecule has 6 heteroatoms. The number of aromatic nitrogens is 2. The van der Waals surface area contributed by atoms with Crippen molar-refractivity contribution in [2.24, 2.45) is 7.05 Å². The van der Waals surface area contributed by atoms with Crippen molar-refractivity contribution in [3.63, 3.8) is 0 Å². The average Bonchev–Trinajstić information content (AvgIpc) is 2.67. The van der Waals surface area contributed by atoms with Crippen molar-refractivity contribution in [2.45, 2.75) is 52.1 Å². The zero-order valence-electron chi connectivity index (χ0n) is 13.4. The van der Waals surface area contributed by atoms with Gasteiger partial charge in [-0.05, 0) is 33.6 Å². The molecule has 1 fully saturated rings. The zero-order valence-corrected chi connectivity index (χ0v) is 13.4. The third-order valence-electron chi connectivity index (χ3n) is 4.50. The van der Waals surface area contributed by atoms with E-state index in [4.69, 9.17) is 0 Å². The second-order valence-corrected chi connectivity index (χ2v) is 6.01. The van der Waals surface area contributed by atoms with E-state index < -0.39 is 0 Å². The number of rotatable bonds is 4. The standard InChI is InChI=1S/C15H26N4O2/c1-10-6-5-7-13(9-20)19(10)8-14(21)16-15-11(2)17-18(4)12(15)3/h10,13,20H,5-9H2,1-4H3,(H,16,21). The van der Waals surface area contributed by atoms with Gasteiger partial charge in [-0.2, -0.15) is 5.10 Å². The molecule has 1 saturated heterocycles. The summed E-state index contributed by atoms with van der Waals surface area (Å²) in [5.41, 5.74) is 2.58. The Kier molecular flexibility index (Phi) is 5.00. The van der Waals surface area contributed by atoms with Crippen molar-refractivity contribution < 1.29 is 9.90 Å². The van der Waals surface area contributed by atoms with E-state index in [1.165, 1.54) is 0 Å². The number of piperidine rings is 1. The highest BCUT2D eigenvalue weighted by Gasteiger charge is 2.29. The lowest BCUT2D eigenvalue weighted by molar-refractivity contribution is -0.119. The van der Waals surface area contributed by atoms with Crippen molar-refractivity contribution in [3.8, 4) is 0 Å². The van der Waals surface area contributed by atoms with E-state index in [2.05, 4.69) is 22.2 Å². The number of aryl methyl sites for hydroxylation is 2. The van der Waals surface area contributed by atoms with Crippen LogP contribution in [0.3, 0.4) is 0 Å². The first kappa shape index (κ1) is 16.0. The smallest absolute Gasteiger partial charge is 0.238 e. The highest BCUT2D eigenvalue weighted by Crippen LogP contribution is 2.23. The summed E-state index contributed by atoms with van der Waals surface area (Å²) in [6.45, 7) is 6.39. The van der Waals surface area contributed by atoms with E-state index in [1.54, 1.807) is 4.68 Å². The van der Waals surface area contributed by atoms with Crippen LogP contribution >= 0.6 is 0 Å². The molecule has 2 unspecified atom stereocenters. The molecule has 21 heavy (non-hydrogen) atoms. The first-order valence-electron chi connectivity index (χ1n) is 7.60. The van der Waals surface area contributed by atoms with Gasteiger partial charge in [0.2, 0.25) is 5.91 Å². The Morgan fingerprint density at radius 2 is 2.14 bits per heavy atom. The van der Waals surface area contributed by atoms with Gasteiger partial charge in [0, 0.05) is 19.1 Å². The fourth-order valence-electron chi connectivity index (χ4n) is 3.12. The quantitative estimate of drug-likeness (QED) is 0.876. The molecule has 2 rings (SSSR count). The number of carbonyl (C=O) groups is 1. The number of carbonyl (C=O) groups excluding carboxylic acids is 1. The van der Waals surface area contributed by atoms with Crippen LogP contribution in [0.1, 0.15) is 37.6 Å². The van der Waals surface area contributed by atoms with Crippen molar-refractivity contribution >= 4 is 11.6 Å². The van der Waals surface area contributed by atoms with Gasteiger partial charge in [0.1, 0.15) is 0 Å². The van der Waals surface area contributed by atoms with Crippen molar-refractivity contribution in [2.75, 3.05) is 18.5 Å². The lowest BCUT2D eigenvalue weighted by atomic mass is 9.97. The zero-order chi connectivity index (χ0) is 15.6. The molecule has 118 valence electrons. The Bertz CT molecular complexity index is 512. The molecule has 1 aromatic rings. The molecule has 2 heterocycles. The summed E-state index contributed by atoms with van der Waals surface area (Å²) in [7, 11) is 1.87. The molecule has 0 saturated carbocycles. The third-order valence-corrected chi connectivity index (χ3v) is 4.50. The van der Waals surface area contributed by atoms with E-state index in [0.29, 0.717) is 12.6 Å². The lowest BCUT2D eigenvalue weighted by Gasteiger charge is -2.39. The van der Waals surface area contributed by atoms with Crippen LogP contribution in [0.4, 0.5) is 5.69 Å². The predicted molar refractivity (Wildman–Crippen MR) is 82.2 cm³/mol. The van der Waals surface area contributed by atoms with E-state index in [1.807, 2.05) is 20.9 Å². The number of anilines is 1. The van der Waals surface area contributed by atoms with Crippen LogP contribution in [0.15, 0.2) is 0 Å². The number of likely N-dealkylation sites (tertiary alicyclic amines) is 1. The molecule has 0 radical (unpaired) electrons. The Hall–Kier alpha value is -1.40. The fourth-order valence-corrected chi connectivity index (χ4v) is 3.12. The van der Waals surface area contributed by atoms with Gasteiger partial charge < -0.3 is 10.4 Å². The number of aliphatic hydroxyl groups is 1. The Labute approximate surface area is 126 Å². The summed E-state index contributed by atoms with van der Waals surface area (Å²) in [6.07, 6.45) is 3.15. The van der Waals surface area contributed by atoms with Gasteiger partial charge in [0.05, 0.1) is 30.2 Å². The van der Waals surface area contributed by atoms with E-state index in [0.717, 1.165) is 36.3 Å². The van der Waals surface area contributed by atoms with Crippen LogP contribution < -0.4 is 5.32 Å². The highest BCUT2D eigenvalue weighted by molar-refractivity contribution is 5.93. The molecule has 0 aliphatic carbocycles. The van der Waals surface area contributed by atoms with Crippen LogP contribution in [-0.4, -0.2) is 50.9 Å². The van der Waals surface area contributed by atoms with Crippen LogP contribution in [0, 0.1) is 13.8 Å². The molecule has 1 aliphatic heterocycles. The summed E-state index contributed by atoms with van der Waals surface area (Å²) >= 11 is 0. The van der Waals surface area contributed by atoms with Crippen LogP contribution in [0.5, 0.6) is 0 Å².